The fourth-order valence-corrected chi connectivity index (χ4v) is 2.77. The second kappa shape index (κ2) is 5.74. The van der Waals surface area contributed by atoms with Crippen LogP contribution < -0.4 is 4.74 Å². The summed E-state index contributed by atoms with van der Waals surface area (Å²) in [6, 6.07) is 6.88. The topological polar surface area (TPSA) is 26.3 Å². The van der Waals surface area contributed by atoms with Crippen molar-refractivity contribution in [2.24, 2.45) is 0 Å². The molecule has 0 atom stereocenters. The zero-order chi connectivity index (χ0) is 13.1. The van der Waals surface area contributed by atoms with Crippen molar-refractivity contribution in [1.82, 2.24) is 0 Å². The number of benzene rings is 1. The molecule has 2 nitrogen and oxygen atoms in total. The molecule has 0 spiro atoms. The maximum absolute atomic E-state index is 12.1. The first-order chi connectivity index (χ1) is 8.61. The molecule has 0 unspecified atom stereocenters. The molecule has 1 aromatic carbocycles. The standard InChI is InChI=1S/C13H10Cl2O2S/c1-17-12-4-5-18-13(12)11(16)7-8-6-9(14)2-3-10(8)15/h2-6H,7H2,1H3. The van der Waals surface area contributed by atoms with Gasteiger partial charge in [-0.05, 0) is 35.2 Å². The maximum atomic E-state index is 12.1. The van der Waals surface area contributed by atoms with Gasteiger partial charge in [0.1, 0.15) is 10.6 Å². The molecule has 18 heavy (non-hydrogen) atoms. The van der Waals surface area contributed by atoms with Crippen LogP contribution in [0, 0.1) is 0 Å². The summed E-state index contributed by atoms with van der Waals surface area (Å²) in [5, 5.41) is 2.94. The molecular formula is C13H10Cl2O2S. The molecule has 0 saturated heterocycles. The molecule has 2 aromatic rings. The van der Waals surface area contributed by atoms with E-state index >= 15 is 0 Å². The number of carbonyl (C=O) groups is 1. The Bertz CT molecular complexity index is 578. The van der Waals surface area contributed by atoms with Crippen LogP contribution in [0.2, 0.25) is 10.0 Å². The summed E-state index contributed by atoms with van der Waals surface area (Å²) >= 11 is 13.3. The van der Waals surface area contributed by atoms with E-state index in [0.717, 1.165) is 5.56 Å². The molecular weight excluding hydrogens is 291 g/mol. The average Bonchev–Trinajstić information content (AvgIpc) is 2.82. The molecule has 0 bridgehead atoms. The van der Waals surface area contributed by atoms with Crippen molar-refractivity contribution < 1.29 is 9.53 Å². The van der Waals surface area contributed by atoms with Crippen LogP contribution in [0.25, 0.3) is 0 Å². The number of hydrogen-bond acceptors (Lipinski definition) is 3. The van der Waals surface area contributed by atoms with Crippen LogP contribution >= 0.6 is 34.5 Å². The first kappa shape index (κ1) is 13.4. The Balaban J connectivity index is 2.24. The third kappa shape index (κ3) is 2.86. The lowest BCUT2D eigenvalue weighted by atomic mass is 10.1. The van der Waals surface area contributed by atoms with Gasteiger partial charge in [0.05, 0.1) is 7.11 Å². The SMILES string of the molecule is COc1ccsc1C(=O)Cc1cc(Cl)ccc1Cl. The van der Waals surface area contributed by atoms with Crippen molar-refractivity contribution >= 4 is 40.3 Å². The van der Waals surface area contributed by atoms with Gasteiger partial charge in [0.25, 0.3) is 0 Å². The second-order valence-electron chi connectivity index (χ2n) is 3.65. The predicted molar refractivity (Wildman–Crippen MR) is 75.4 cm³/mol. The van der Waals surface area contributed by atoms with E-state index < -0.39 is 0 Å². The number of rotatable bonds is 4. The van der Waals surface area contributed by atoms with Crippen LogP contribution in [-0.4, -0.2) is 12.9 Å². The molecule has 94 valence electrons. The minimum Gasteiger partial charge on any atom is -0.495 e. The van der Waals surface area contributed by atoms with Crippen LogP contribution in [0.3, 0.4) is 0 Å². The predicted octanol–water partition coefficient (Wildman–Crippen LogP) is 4.49. The highest BCUT2D eigenvalue weighted by Crippen LogP contribution is 2.28. The van der Waals surface area contributed by atoms with Crippen molar-refractivity contribution in [1.29, 1.82) is 0 Å². The third-order valence-corrected chi connectivity index (χ3v) is 4.00. The molecule has 2 rings (SSSR count). The van der Waals surface area contributed by atoms with Gasteiger partial charge in [0.15, 0.2) is 5.78 Å². The van der Waals surface area contributed by atoms with Gasteiger partial charge in [-0.1, -0.05) is 23.2 Å². The van der Waals surface area contributed by atoms with Gasteiger partial charge in [0, 0.05) is 16.5 Å². The lowest BCUT2D eigenvalue weighted by Gasteiger charge is -2.05. The molecule has 0 aliphatic rings. The Labute approximate surface area is 119 Å². The van der Waals surface area contributed by atoms with Gasteiger partial charge in [-0.25, -0.2) is 0 Å². The van der Waals surface area contributed by atoms with E-state index in [1.165, 1.54) is 11.3 Å². The largest absolute Gasteiger partial charge is 0.495 e. The fourth-order valence-electron chi connectivity index (χ4n) is 1.59. The minimum atomic E-state index is -0.0222. The molecule has 0 saturated carbocycles. The van der Waals surface area contributed by atoms with E-state index in [9.17, 15) is 4.79 Å². The van der Waals surface area contributed by atoms with Gasteiger partial charge in [-0.3, -0.25) is 4.79 Å². The zero-order valence-corrected chi connectivity index (χ0v) is 11.9. The Morgan fingerprint density at radius 1 is 1.33 bits per heavy atom. The van der Waals surface area contributed by atoms with Gasteiger partial charge >= 0.3 is 0 Å². The smallest absolute Gasteiger partial charge is 0.180 e. The van der Waals surface area contributed by atoms with Crippen molar-refractivity contribution in [2.45, 2.75) is 6.42 Å². The summed E-state index contributed by atoms with van der Waals surface area (Å²) in [5.41, 5.74) is 0.726. The summed E-state index contributed by atoms with van der Waals surface area (Å²) in [6.07, 6.45) is 0.219. The first-order valence-electron chi connectivity index (χ1n) is 5.20. The number of thiophene rings is 1. The molecule has 0 fully saturated rings. The van der Waals surface area contributed by atoms with Gasteiger partial charge in [0.2, 0.25) is 0 Å². The van der Waals surface area contributed by atoms with E-state index in [0.29, 0.717) is 20.7 Å². The summed E-state index contributed by atoms with van der Waals surface area (Å²) in [7, 11) is 1.55. The minimum absolute atomic E-state index is 0.0222. The van der Waals surface area contributed by atoms with Gasteiger partial charge in [-0.2, -0.15) is 0 Å². The number of methoxy groups -OCH3 is 1. The molecule has 0 N–H and O–H groups in total. The molecule has 1 heterocycles. The summed E-state index contributed by atoms with van der Waals surface area (Å²) in [5.74, 6) is 0.578. The highest BCUT2D eigenvalue weighted by Gasteiger charge is 2.15. The van der Waals surface area contributed by atoms with E-state index in [-0.39, 0.29) is 12.2 Å². The van der Waals surface area contributed by atoms with Crippen molar-refractivity contribution in [2.75, 3.05) is 7.11 Å². The lowest BCUT2D eigenvalue weighted by Crippen LogP contribution is -2.03. The van der Waals surface area contributed by atoms with E-state index in [2.05, 4.69) is 0 Å². The van der Waals surface area contributed by atoms with Crippen molar-refractivity contribution in [3.8, 4) is 5.75 Å². The number of halogens is 2. The number of hydrogen-bond donors (Lipinski definition) is 0. The Morgan fingerprint density at radius 3 is 2.83 bits per heavy atom. The van der Waals surface area contributed by atoms with Crippen LogP contribution in [0.4, 0.5) is 0 Å². The monoisotopic (exact) mass is 300 g/mol. The summed E-state index contributed by atoms with van der Waals surface area (Å²) < 4.78 is 5.13. The van der Waals surface area contributed by atoms with E-state index in [1.54, 1.807) is 31.4 Å². The summed E-state index contributed by atoms with van der Waals surface area (Å²) in [4.78, 5) is 12.8. The number of ether oxygens (including phenoxy) is 1. The van der Waals surface area contributed by atoms with Crippen LogP contribution in [0.15, 0.2) is 29.6 Å². The quantitative estimate of drug-likeness (QED) is 0.778. The van der Waals surface area contributed by atoms with Crippen molar-refractivity contribution in [3.63, 3.8) is 0 Å². The summed E-state index contributed by atoms with van der Waals surface area (Å²) in [6.45, 7) is 0. The Hall–Kier alpha value is -1.03. The van der Waals surface area contributed by atoms with E-state index in [1.807, 2.05) is 5.38 Å². The third-order valence-electron chi connectivity index (χ3n) is 2.46. The van der Waals surface area contributed by atoms with Crippen LogP contribution in [0.5, 0.6) is 5.75 Å². The van der Waals surface area contributed by atoms with Gasteiger partial charge in [-0.15, -0.1) is 11.3 Å². The zero-order valence-electron chi connectivity index (χ0n) is 9.57. The Morgan fingerprint density at radius 2 is 2.11 bits per heavy atom. The molecule has 1 aromatic heterocycles. The normalized spacial score (nSPS) is 10.4. The van der Waals surface area contributed by atoms with Gasteiger partial charge < -0.3 is 4.74 Å². The van der Waals surface area contributed by atoms with Crippen LogP contribution in [-0.2, 0) is 6.42 Å². The number of Topliss-reactive ketones (excluding diaryl/α,β-unsaturated/α-hetero) is 1. The average molecular weight is 301 g/mol. The van der Waals surface area contributed by atoms with Crippen LogP contribution in [0.1, 0.15) is 15.2 Å². The molecule has 0 radical (unpaired) electrons. The van der Waals surface area contributed by atoms with E-state index in [4.69, 9.17) is 27.9 Å². The van der Waals surface area contributed by atoms with Crippen molar-refractivity contribution in [3.05, 3.63) is 50.1 Å². The number of carbonyl (C=O) groups excluding carboxylic acids is 1. The second-order valence-corrected chi connectivity index (χ2v) is 5.41. The molecule has 0 aliphatic heterocycles. The Kier molecular flexibility index (Phi) is 4.27. The molecule has 0 amide bonds. The highest BCUT2D eigenvalue weighted by atomic mass is 35.5. The number of ketones is 1. The first-order valence-corrected chi connectivity index (χ1v) is 6.84. The highest BCUT2D eigenvalue weighted by molar-refractivity contribution is 7.12. The lowest BCUT2D eigenvalue weighted by molar-refractivity contribution is 0.0994. The molecule has 0 aliphatic carbocycles. The fraction of sp³-hybridized carbons (Fsp3) is 0.154. The molecule has 5 heteroatoms. The maximum Gasteiger partial charge on any atom is 0.180 e.